The smallest absolute Gasteiger partial charge is 0.267 e. The van der Waals surface area contributed by atoms with Gasteiger partial charge in [-0.05, 0) is 141 Å². The number of amides is 1. The van der Waals surface area contributed by atoms with E-state index >= 15 is 8.78 Å². The molecule has 3 atom stereocenters. The van der Waals surface area contributed by atoms with Gasteiger partial charge in [0.15, 0.2) is 5.78 Å². The van der Waals surface area contributed by atoms with Gasteiger partial charge in [0, 0.05) is 68.9 Å². The van der Waals surface area contributed by atoms with Crippen LogP contribution in [-0.4, -0.2) is 117 Å². The Morgan fingerprint density at radius 2 is 1.63 bits per heavy atom. The number of alkyl halides is 2. The van der Waals surface area contributed by atoms with Crippen molar-refractivity contribution in [1.82, 2.24) is 25.1 Å². The molecule has 76 heavy (non-hydrogen) atoms. The van der Waals surface area contributed by atoms with Crippen LogP contribution in [0.4, 0.5) is 18.9 Å². The molecule has 0 spiro atoms. The van der Waals surface area contributed by atoms with Crippen LogP contribution in [-0.2, 0) is 14.3 Å². The summed E-state index contributed by atoms with van der Waals surface area (Å²) in [6, 6.07) is 11.6. The number of Topliss-reactive ketones (excluding diaryl/α,β-unsaturated/α-hetero) is 1. The fraction of sp³-hybridized carbons (Fsp3) is 0.541. The van der Waals surface area contributed by atoms with Gasteiger partial charge < -0.3 is 30.2 Å². The summed E-state index contributed by atoms with van der Waals surface area (Å²) in [4.78, 5) is 43.2. The van der Waals surface area contributed by atoms with E-state index in [0.29, 0.717) is 49.2 Å². The molecule has 2 saturated heterocycles. The number of carbonyl (C=O) groups excluding carboxylic acids is 3. The maximum atomic E-state index is 15.1. The molecule has 0 aliphatic carbocycles. The van der Waals surface area contributed by atoms with Crippen LogP contribution >= 0.6 is 9.39 Å². The average molecular weight is 1070 g/mol. The molecule has 2 aromatic carbocycles. The van der Waals surface area contributed by atoms with Crippen molar-refractivity contribution in [3.8, 4) is 0 Å². The molecule has 0 saturated carbocycles. The summed E-state index contributed by atoms with van der Waals surface area (Å²) in [5, 5.41) is 8.92. The van der Waals surface area contributed by atoms with Crippen LogP contribution < -0.4 is 16.0 Å². The normalized spacial score (nSPS) is 19.8. The Morgan fingerprint density at radius 3 is 2.21 bits per heavy atom. The van der Waals surface area contributed by atoms with Crippen molar-refractivity contribution in [2.24, 2.45) is 10.9 Å². The van der Waals surface area contributed by atoms with Gasteiger partial charge in [-0.15, -0.1) is 0 Å². The van der Waals surface area contributed by atoms with Crippen molar-refractivity contribution in [3.63, 3.8) is 0 Å². The highest BCUT2D eigenvalue weighted by atomic mass is 31.0. The number of allylic oxidation sites excluding steroid dienone is 7. The van der Waals surface area contributed by atoms with E-state index in [1.54, 1.807) is 14.0 Å². The van der Waals surface area contributed by atoms with E-state index in [2.05, 4.69) is 106 Å². The number of likely N-dealkylation sites (N-methyl/N-ethyl adjacent to an activating group) is 1. The van der Waals surface area contributed by atoms with Crippen molar-refractivity contribution in [3.05, 3.63) is 136 Å². The number of amidine groups is 1. The number of likely N-dealkylation sites (tertiary alicyclic amines) is 2. The summed E-state index contributed by atoms with van der Waals surface area (Å²) >= 11 is 0. The summed E-state index contributed by atoms with van der Waals surface area (Å²) in [6.07, 6.45) is 18.5. The van der Waals surface area contributed by atoms with E-state index < -0.39 is 23.7 Å². The Kier molecular flexibility index (Phi) is 29.1. The lowest BCUT2D eigenvalue weighted by molar-refractivity contribution is -0.121. The van der Waals surface area contributed by atoms with Gasteiger partial charge in [0.2, 0.25) is 5.91 Å². The number of nitrogens with zero attached hydrogens (tertiary/aromatic N) is 4. The molecule has 2 fully saturated rings. The molecule has 4 heterocycles. The highest BCUT2D eigenvalue weighted by Gasteiger charge is 2.46. The van der Waals surface area contributed by atoms with Crippen LogP contribution in [0.2, 0.25) is 0 Å². The maximum Gasteiger partial charge on any atom is 0.267 e. The number of halogens is 3. The minimum Gasteiger partial charge on any atom is -0.385 e. The first kappa shape index (κ1) is 65.1. The summed E-state index contributed by atoms with van der Waals surface area (Å²) < 4.78 is 52.4. The zero-order chi connectivity index (χ0) is 56.4. The minimum absolute atomic E-state index is 0.00764. The molecule has 420 valence electrons. The molecule has 3 unspecified atom stereocenters. The lowest BCUT2D eigenvalue weighted by atomic mass is 9.85. The van der Waals surface area contributed by atoms with Gasteiger partial charge in [-0.1, -0.05) is 115 Å². The number of anilines is 1. The SMILES string of the molecule is C=C1/C=C\C(C2=CCNC(C)=C2/C=C(\C)CN2CCC(c3ccc(C(C)=O)cc3)CC2)=C/N(P)C(COC)=N1.CC.CC.CCCC(CCC)CN1CCC(c2ccc(NC(CCC=O)C(=O)NC)cc2F)C(F)(F)C1. The number of hydrogen-bond donors (Lipinski definition) is 3. The molecule has 15 heteroatoms. The maximum absolute atomic E-state index is 15.1. The number of aldehydes is 1. The molecule has 6 rings (SSSR count). The van der Waals surface area contributed by atoms with Gasteiger partial charge in [0.05, 0.1) is 18.2 Å². The van der Waals surface area contributed by atoms with Gasteiger partial charge in [0.25, 0.3) is 5.92 Å². The predicted molar refractivity (Wildman–Crippen MR) is 313 cm³/mol. The van der Waals surface area contributed by atoms with Crippen molar-refractivity contribution in [2.45, 2.75) is 144 Å². The first-order chi connectivity index (χ1) is 36.5. The monoisotopic (exact) mass is 1070 g/mol. The Labute approximate surface area is 457 Å². The van der Waals surface area contributed by atoms with Crippen LogP contribution in [0, 0.1) is 11.7 Å². The third kappa shape index (κ3) is 20.0. The predicted octanol–water partition coefficient (Wildman–Crippen LogP) is 12.9. The Bertz CT molecular complexity index is 2370. The number of dihydropyridines is 1. The number of aliphatic imine (C=N–C) groups is 1. The number of carbonyl (C=O) groups is 3. The molecule has 1 amide bonds. The van der Waals surface area contributed by atoms with Crippen LogP contribution in [0.25, 0.3) is 0 Å². The van der Waals surface area contributed by atoms with E-state index in [-0.39, 0.29) is 43.1 Å². The first-order valence-electron chi connectivity index (χ1n) is 27.7. The van der Waals surface area contributed by atoms with Crippen molar-refractivity contribution >= 4 is 38.9 Å². The molecule has 0 bridgehead atoms. The van der Waals surface area contributed by atoms with E-state index in [1.165, 1.54) is 47.2 Å². The Hall–Kier alpha value is -5.14. The Balaban J connectivity index is 0.000000381. The number of ketones is 1. The number of rotatable bonds is 21. The summed E-state index contributed by atoms with van der Waals surface area (Å²) in [6.45, 7) is 27.4. The lowest BCUT2D eigenvalue weighted by Gasteiger charge is -2.40. The number of hydrogen-bond acceptors (Lipinski definition) is 10. The van der Waals surface area contributed by atoms with Crippen LogP contribution in [0.15, 0.2) is 118 Å². The number of benzene rings is 2. The largest absolute Gasteiger partial charge is 0.385 e. The zero-order valence-corrected chi connectivity index (χ0v) is 48.8. The Morgan fingerprint density at radius 1 is 0.974 bits per heavy atom. The fourth-order valence-corrected chi connectivity index (χ4v) is 10.5. The van der Waals surface area contributed by atoms with Gasteiger partial charge in [-0.3, -0.25) is 19.4 Å². The van der Waals surface area contributed by atoms with Gasteiger partial charge in [-0.2, -0.15) is 0 Å². The van der Waals surface area contributed by atoms with Crippen molar-refractivity contribution in [1.29, 1.82) is 0 Å². The van der Waals surface area contributed by atoms with Crippen LogP contribution in [0.1, 0.15) is 153 Å². The number of methoxy groups -OCH3 is 1. The topological polar surface area (TPSA) is 119 Å². The zero-order valence-electron chi connectivity index (χ0n) is 47.7. The van der Waals surface area contributed by atoms with Crippen molar-refractivity contribution < 1.29 is 32.3 Å². The highest BCUT2D eigenvalue weighted by molar-refractivity contribution is 7.15. The van der Waals surface area contributed by atoms with Crippen LogP contribution in [0.3, 0.4) is 0 Å². The highest BCUT2D eigenvalue weighted by Crippen LogP contribution is 2.42. The molecule has 11 nitrogen and oxygen atoms in total. The van der Waals surface area contributed by atoms with E-state index in [4.69, 9.17) is 4.74 Å². The van der Waals surface area contributed by atoms with Gasteiger partial charge >= 0.3 is 0 Å². The molecule has 0 radical (unpaired) electrons. The second kappa shape index (κ2) is 33.9. The minimum atomic E-state index is -3.02. The molecule has 4 aliphatic heterocycles. The molecule has 4 aliphatic rings. The third-order valence-electron chi connectivity index (χ3n) is 13.9. The quantitative estimate of drug-likeness (QED) is 0.0638. The molecular formula is C61H91F3N7O4P. The second-order valence-corrected chi connectivity index (χ2v) is 20.2. The average Bonchev–Trinajstić information content (AvgIpc) is 3.40. The fourth-order valence-electron chi connectivity index (χ4n) is 10.2. The summed E-state index contributed by atoms with van der Waals surface area (Å²) in [5.74, 6) is -3.35. The molecule has 3 N–H and O–H groups in total. The van der Waals surface area contributed by atoms with Gasteiger partial charge in [0.1, 0.15) is 30.6 Å². The molecule has 0 aromatic heterocycles. The third-order valence-corrected chi connectivity index (χ3v) is 14.4. The molecular weight excluding hydrogens is 983 g/mol. The first-order valence-corrected chi connectivity index (χ1v) is 28.2. The van der Waals surface area contributed by atoms with Gasteiger partial charge in [-0.25, -0.2) is 18.2 Å². The second-order valence-electron chi connectivity index (χ2n) is 19.6. The standard InChI is InChI=1S/C32H41N4O2P.C25H38F3N3O2.2C2H6/c1-22(19-35-16-13-28(14-17-35)27-10-8-26(9-11-27)25(4)37)18-31-24(3)33-15-12-30(31)29-7-6-23(2)34-32(21-38-5)36(39)20-29;1-4-7-18(8-5-2)16-31-13-12-21(25(27,28)17-31)20-11-10-19(15-22(20)26)30-23(9-6-14-32)24(33)29-3;2*1-2/h6-12,18,20,28,33H,2,13-17,19,21,39H2,1,3-5H3;10-11,14-15,18,21,23,30H,4-9,12-13,16-17H2,1-3H3,(H,29,33);2*1-2H3/b7-6-,22-18+,29-20+,34-32?;;;. The lowest BCUT2D eigenvalue weighted by Crippen LogP contribution is -2.49. The number of ether oxygens (including phenoxy) is 1. The number of nitrogens with one attached hydrogen (secondary N) is 3. The number of piperidine rings is 2. The summed E-state index contributed by atoms with van der Waals surface area (Å²) in [7, 11) is 5.88. The molecule has 2 aromatic rings. The van der Waals surface area contributed by atoms with E-state index in [1.807, 2.05) is 55.5 Å². The van der Waals surface area contributed by atoms with E-state index in [0.717, 1.165) is 87.7 Å². The van der Waals surface area contributed by atoms with Crippen molar-refractivity contribution in [2.75, 3.05) is 71.9 Å². The van der Waals surface area contributed by atoms with Crippen LogP contribution in [0.5, 0.6) is 0 Å². The van der Waals surface area contributed by atoms with E-state index in [9.17, 15) is 18.8 Å². The summed E-state index contributed by atoms with van der Waals surface area (Å²) in [5.41, 5.74) is 9.19.